The molecule has 1 aromatic rings. The van der Waals surface area contributed by atoms with E-state index < -0.39 is 11.5 Å². The van der Waals surface area contributed by atoms with Gasteiger partial charge in [0.25, 0.3) is 0 Å². The summed E-state index contributed by atoms with van der Waals surface area (Å²) in [7, 11) is 1.34. The molecule has 0 aromatic carbocycles. The summed E-state index contributed by atoms with van der Waals surface area (Å²) < 4.78 is 6.43. The van der Waals surface area contributed by atoms with E-state index in [1.165, 1.54) is 12.7 Å². The predicted octanol–water partition coefficient (Wildman–Crippen LogP) is 0.726. The van der Waals surface area contributed by atoms with Gasteiger partial charge < -0.3 is 10.5 Å². The summed E-state index contributed by atoms with van der Waals surface area (Å²) in [5.74, 6) is -0.393. The van der Waals surface area contributed by atoms with Crippen LogP contribution in [0, 0.1) is 0 Å². The molecule has 0 saturated carbocycles. The fourth-order valence-corrected chi connectivity index (χ4v) is 1.39. The molecule has 5 heteroatoms. The second-order valence-electron chi connectivity index (χ2n) is 4.12. The minimum atomic E-state index is -0.951. The Morgan fingerprint density at radius 3 is 2.88 bits per heavy atom. The number of esters is 1. The average Bonchev–Trinajstić information content (AvgIpc) is 2.73. The Balaban J connectivity index is 2.53. The Hall–Kier alpha value is -1.36. The molecule has 0 aliphatic heterocycles. The summed E-state index contributed by atoms with van der Waals surface area (Å²) in [6, 6.07) is 0. The molecule has 1 aromatic heterocycles. The van der Waals surface area contributed by atoms with Crippen molar-refractivity contribution in [2.45, 2.75) is 38.8 Å². The minimum absolute atomic E-state index is 0.393. The molecule has 90 valence electrons. The molecule has 0 aliphatic rings. The van der Waals surface area contributed by atoms with Crippen LogP contribution in [-0.4, -0.2) is 28.4 Å². The van der Waals surface area contributed by atoms with Gasteiger partial charge in [0.15, 0.2) is 0 Å². The standard InChI is InChI=1S/C11H19N3O2/c1-4-9-7-13-14(8-9)6-5-11(2,12)10(15)16-3/h7-8H,4-6,12H2,1-3H3. The van der Waals surface area contributed by atoms with Crippen LogP contribution in [0.15, 0.2) is 12.4 Å². The van der Waals surface area contributed by atoms with E-state index >= 15 is 0 Å². The number of rotatable bonds is 5. The van der Waals surface area contributed by atoms with Crippen molar-refractivity contribution in [1.29, 1.82) is 0 Å². The smallest absolute Gasteiger partial charge is 0.325 e. The van der Waals surface area contributed by atoms with E-state index in [-0.39, 0.29) is 0 Å². The molecule has 0 fully saturated rings. The zero-order valence-electron chi connectivity index (χ0n) is 10.1. The van der Waals surface area contributed by atoms with E-state index in [1.807, 2.05) is 12.4 Å². The number of aryl methyl sites for hydroxylation is 2. The quantitative estimate of drug-likeness (QED) is 0.750. The summed E-state index contributed by atoms with van der Waals surface area (Å²) >= 11 is 0. The van der Waals surface area contributed by atoms with Crippen molar-refractivity contribution in [2.24, 2.45) is 5.73 Å². The lowest BCUT2D eigenvalue weighted by molar-refractivity contribution is -0.146. The second kappa shape index (κ2) is 5.12. The Labute approximate surface area is 95.6 Å². The van der Waals surface area contributed by atoms with Gasteiger partial charge in [0, 0.05) is 12.7 Å². The summed E-state index contributed by atoms with van der Waals surface area (Å²) in [6.07, 6.45) is 5.25. The van der Waals surface area contributed by atoms with Gasteiger partial charge in [0.1, 0.15) is 5.54 Å². The largest absolute Gasteiger partial charge is 0.468 e. The zero-order valence-corrected chi connectivity index (χ0v) is 10.1. The van der Waals surface area contributed by atoms with Crippen LogP contribution in [0.3, 0.4) is 0 Å². The number of ether oxygens (including phenoxy) is 1. The lowest BCUT2D eigenvalue weighted by Crippen LogP contribution is -2.46. The maximum Gasteiger partial charge on any atom is 0.325 e. The summed E-state index contributed by atoms with van der Waals surface area (Å²) in [5, 5.41) is 4.18. The Kier molecular flexibility index (Phi) is 4.06. The maximum atomic E-state index is 11.3. The molecule has 1 unspecified atom stereocenters. The number of nitrogens with two attached hydrogens (primary N) is 1. The molecule has 1 rings (SSSR count). The monoisotopic (exact) mass is 225 g/mol. The summed E-state index contributed by atoms with van der Waals surface area (Å²) in [6.45, 7) is 4.36. The normalized spacial score (nSPS) is 14.5. The Bertz CT molecular complexity index is 358. The molecule has 2 N–H and O–H groups in total. The van der Waals surface area contributed by atoms with E-state index in [9.17, 15) is 4.79 Å². The van der Waals surface area contributed by atoms with E-state index in [0.29, 0.717) is 13.0 Å². The van der Waals surface area contributed by atoms with Crippen molar-refractivity contribution >= 4 is 5.97 Å². The van der Waals surface area contributed by atoms with Crippen LogP contribution in [0.2, 0.25) is 0 Å². The van der Waals surface area contributed by atoms with Crippen LogP contribution < -0.4 is 5.73 Å². The first-order chi connectivity index (χ1) is 7.49. The predicted molar refractivity (Wildman–Crippen MR) is 60.8 cm³/mol. The number of carbonyl (C=O) groups is 1. The third kappa shape index (κ3) is 3.06. The van der Waals surface area contributed by atoms with Crippen molar-refractivity contribution in [3.8, 4) is 0 Å². The van der Waals surface area contributed by atoms with E-state index in [4.69, 9.17) is 5.73 Å². The second-order valence-corrected chi connectivity index (χ2v) is 4.12. The van der Waals surface area contributed by atoms with E-state index in [2.05, 4.69) is 16.8 Å². The summed E-state index contributed by atoms with van der Waals surface area (Å²) in [5.41, 5.74) is 6.07. The lowest BCUT2D eigenvalue weighted by atomic mass is 10.00. The molecule has 1 atom stereocenters. The minimum Gasteiger partial charge on any atom is -0.468 e. The van der Waals surface area contributed by atoms with Crippen molar-refractivity contribution in [1.82, 2.24) is 9.78 Å². The third-order valence-electron chi connectivity index (χ3n) is 2.61. The van der Waals surface area contributed by atoms with Gasteiger partial charge in [-0.25, -0.2) is 0 Å². The number of hydrogen-bond donors (Lipinski definition) is 1. The zero-order chi connectivity index (χ0) is 12.2. The van der Waals surface area contributed by atoms with Gasteiger partial charge in [0.05, 0.1) is 13.3 Å². The SMILES string of the molecule is CCc1cnn(CCC(C)(N)C(=O)OC)c1. The highest BCUT2D eigenvalue weighted by molar-refractivity contribution is 5.79. The fraction of sp³-hybridized carbons (Fsp3) is 0.636. The average molecular weight is 225 g/mol. The van der Waals surface area contributed by atoms with Gasteiger partial charge in [-0.1, -0.05) is 6.92 Å². The van der Waals surface area contributed by atoms with Crippen molar-refractivity contribution in [3.63, 3.8) is 0 Å². The first-order valence-corrected chi connectivity index (χ1v) is 5.38. The third-order valence-corrected chi connectivity index (χ3v) is 2.61. The highest BCUT2D eigenvalue weighted by Gasteiger charge is 2.29. The first-order valence-electron chi connectivity index (χ1n) is 5.38. The summed E-state index contributed by atoms with van der Waals surface area (Å²) in [4.78, 5) is 11.3. The van der Waals surface area contributed by atoms with Crippen LogP contribution in [0.1, 0.15) is 25.8 Å². The van der Waals surface area contributed by atoms with Crippen LogP contribution in [0.25, 0.3) is 0 Å². The van der Waals surface area contributed by atoms with Gasteiger partial charge in [-0.15, -0.1) is 0 Å². The number of aromatic nitrogens is 2. The van der Waals surface area contributed by atoms with E-state index in [1.54, 1.807) is 11.6 Å². The Morgan fingerprint density at radius 2 is 2.38 bits per heavy atom. The number of nitrogens with zero attached hydrogens (tertiary/aromatic N) is 2. The molecular weight excluding hydrogens is 206 g/mol. The highest BCUT2D eigenvalue weighted by atomic mass is 16.5. The molecule has 1 heterocycles. The number of hydrogen-bond acceptors (Lipinski definition) is 4. The number of methoxy groups -OCH3 is 1. The van der Waals surface area contributed by atoms with Crippen LogP contribution in [0.5, 0.6) is 0 Å². The fourth-order valence-electron chi connectivity index (χ4n) is 1.39. The van der Waals surface area contributed by atoms with Crippen LogP contribution in [0.4, 0.5) is 0 Å². The van der Waals surface area contributed by atoms with Gasteiger partial charge in [-0.3, -0.25) is 9.48 Å². The molecule has 0 spiro atoms. The Morgan fingerprint density at radius 1 is 1.69 bits per heavy atom. The molecule has 0 radical (unpaired) electrons. The van der Waals surface area contributed by atoms with Crippen molar-refractivity contribution in [2.75, 3.05) is 7.11 Å². The van der Waals surface area contributed by atoms with E-state index in [0.717, 1.165) is 6.42 Å². The molecule has 0 saturated heterocycles. The van der Waals surface area contributed by atoms with Crippen molar-refractivity contribution in [3.05, 3.63) is 18.0 Å². The van der Waals surface area contributed by atoms with Crippen LogP contribution in [-0.2, 0) is 22.5 Å². The molecular formula is C11H19N3O2. The van der Waals surface area contributed by atoms with Gasteiger partial charge in [0.2, 0.25) is 0 Å². The van der Waals surface area contributed by atoms with Gasteiger partial charge in [-0.05, 0) is 25.3 Å². The molecule has 0 aliphatic carbocycles. The topological polar surface area (TPSA) is 70.1 Å². The van der Waals surface area contributed by atoms with Gasteiger partial charge >= 0.3 is 5.97 Å². The number of carbonyl (C=O) groups excluding carboxylic acids is 1. The van der Waals surface area contributed by atoms with Crippen molar-refractivity contribution < 1.29 is 9.53 Å². The molecule has 16 heavy (non-hydrogen) atoms. The highest BCUT2D eigenvalue weighted by Crippen LogP contribution is 2.10. The molecule has 0 bridgehead atoms. The first kappa shape index (κ1) is 12.7. The van der Waals surface area contributed by atoms with Gasteiger partial charge in [-0.2, -0.15) is 5.10 Å². The molecule has 5 nitrogen and oxygen atoms in total. The maximum absolute atomic E-state index is 11.3. The lowest BCUT2D eigenvalue weighted by Gasteiger charge is -2.20. The van der Waals surface area contributed by atoms with Crippen LogP contribution >= 0.6 is 0 Å². The molecule has 0 amide bonds.